The van der Waals surface area contributed by atoms with Gasteiger partial charge in [0, 0.05) is 5.69 Å². The molecule has 1 amide bonds. The summed E-state index contributed by atoms with van der Waals surface area (Å²) >= 11 is 0. The molecule has 0 radical (unpaired) electrons. The standard InChI is InChI=1S/C15H17N3O3/c1-3-21-13-7-4-11(5-8-13)17-14-9-6-12(10-16-14)18-15(19)20-2/h4-10H,3H2,1-2H3,(H,16,17)(H,18,19). The Kier molecular flexibility index (Phi) is 4.98. The molecule has 6 heteroatoms. The van der Waals surface area contributed by atoms with Crippen LogP contribution in [-0.2, 0) is 4.74 Å². The summed E-state index contributed by atoms with van der Waals surface area (Å²) in [7, 11) is 1.31. The van der Waals surface area contributed by atoms with E-state index in [2.05, 4.69) is 20.4 Å². The minimum Gasteiger partial charge on any atom is -0.494 e. The number of methoxy groups -OCH3 is 1. The number of hydrogen-bond donors (Lipinski definition) is 2. The van der Waals surface area contributed by atoms with Crippen molar-refractivity contribution in [1.82, 2.24) is 4.98 Å². The molecule has 0 saturated carbocycles. The maximum Gasteiger partial charge on any atom is 0.411 e. The lowest BCUT2D eigenvalue weighted by Gasteiger charge is -2.08. The van der Waals surface area contributed by atoms with Crippen LogP contribution in [0.4, 0.5) is 22.0 Å². The molecule has 6 nitrogen and oxygen atoms in total. The van der Waals surface area contributed by atoms with Gasteiger partial charge in [-0.1, -0.05) is 0 Å². The van der Waals surface area contributed by atoms with E-state index in [1.165, 1.54) is 7.11 Å². The molecule has 0 saturated heterocycles. The Morgan fingerprint density at radius 1 is 1.14 bits per heavy atom. The SMILES string of the molecule is CCOc1ccc(Nc2ccc(NC(=O)OC)cn2)cc1. The second kappa shape index (κ2) is 7.14. The molecule has 0 fully saturated rings. The van der Waals surface area contributed by atoms with Crippen LogP contribution < -0.4 is 15.4 Å². The number of ether oxygens (including phenoxy) is 2. The molecule has 0 aliphatic carbocycles. The topological polar surface area (TPSA) is 72.5 Å². The summed E-state index contributed by atoms with van der Waals surface area (Å²) in [6.07, 6.45) is 1.03. The molecule has 0 bridgehead atoms. The van der Waals surface area contributed by atoms with Gasteiger partial charge in [0.25, 0.3) is 0 Å². The van der Waals surface area contributed by atoms with Gasteiger partial charge in [-0.05, 0) is 43.3 Å². The highest BCUT2D eigenvalue weighted by Crippen LogP contribution is 2.19. The quantitative estimate of drug-likeness (QED) is 0.881. The minimum atomic E-state index is -0.524. The molecule has 0 aliphatic rings. The zero-order valence-corrected chi connectivity index (χ0v) is 11.9. The second-order valence-electron chi connectivity index (χ2n) is 4.13. The van der Waals surface area contributed by atoms with Gasteiger partial charge in [-0.25, -0.2) is 9.78 Å². The average molecular weight is 287 g/mol. The van der Waals surface area contributed by atoms with E-state index < -0.39 is 6.09 Å². The van der Waals surface area contributed by atoms with E-state index in [0.29, 0.717) is 18.1 Å². The number of nitrogens with zero attached hydrogens (tertiary/aromatic N) is 1. The Bertz CT molecular complexity index is 582. The number of nitrogens with one attached hydrogen (secondary N) is 2. The summed E-state index contributed by atoms with van der Waals surface area (Å²) in [5.41, 5.74) is 1.47. The molecule has 110 valence electrons. The molecule has 0 atom stereocenters. The van der Waals surface area contributed by atoms with Crippen molar-refractivity contribution in [3.05, 3.63) is 42.6 Å². The number of amides is 1. The van der Waals surface area contributed by atoms with Crippen LogP contribution in [0.3, 0.4) is 0 Å². The van der Waals surface area contributed by atoms with Gasteiger partial charge in [-0.15, -0.1) is 0 Å². The number of hydrogen-bond acceptors (Lipinski definition) is 5. The number of aromatic nitrogens is 1. The lowest BCUT2D eigenvalue weighted by atomic mass is 10.3. The molecule has 1 heterocycles. The van der Waals surface area contributed by atoms with Crippen molar-refractivity contribution in [3.8, 4) is 5.75 Å². The predicted octanol–water partition coefficient (Wildman–Crippen LogP) is 3.40. The molecule has 21 heavy (non-hydrogen) atoms. The molecular weight excluding hydrogens is 270 g/mol. The number of rotatable bonds is 5. The van der Waals surface area contributed by atoms with Crippen LogP contribution in [-0.4, -0.2) is 24.8 Å². The zero-order valence-electron chi connectivity index (χ0n) is 11.9. The summed E-state index contributed by atoms with van der Waals surface area (Å²) in [6, 6.07) is 11.1. The normalized spacial score (nSPS) is 9.81. The van der Waals surface area contributed by atoms with E-state index in [-0.39, 0.29) is 0 Å². The molecule has 2 N–H and O–H groups in total. The van der Waals surface area contributed by atoms with Gasteiger partial charge < -0.3 is 14.8 Å². The number of anilines is 3. The highest BCUT2D eigenvalue weighted by molar-refractivity contribution is 5.84. The minimum absolute atomic E-state index is 0.524. The van der Waals surface area contributed by atoms with E-state index in [9.17, 15) is 4.79 Å². The van der Waals surface area contributed by atoms with Gasteiger partial charge in [-0.2, -0.15) is 0 Å². The fourth-order valence-corrected chi connectivity index (χ4v) is 1.66. The first-order valence-corrected chi connectivity index (χ1v) is 6.52. The Balaban J connectivity index is 1.97. The van der Waals surface area contributed by atoms with E-state index in [1.807, 2.05) is 31.2 Å². The van der Waals surface area contributed by atoms with E-state index in [1.54, 1.807) is 18.3 Å². The summed E-state index contributed by atoms with van der Waals surface area (Å²) in [5, 5.41) is 5.69. The van der Waals surface area contributed by atoms with Crippen molar-refractivity contribution in [1.29, 1.82) is 0 Å². The fourth-order valence-electron chi connectivity index (χ4n) is 1.66. The third-order valence-electron chi connectivity index (χ3n) is 2.63. The fraction of sp³-hybridized carbons (Fsp3) is 0.200. The van der Waals surface area contributed by atoms with Gasteiger partial charge in [-0.3, -0.25) is 5.32 Å². The third kappa shape index (κ3) is 4.38. The molecule has 1 aromatic carbocycles. The first-order valence-electron chi connectivity index (χ1n) is 6.52. The molecular formula is C15H17N3O3. The molecule has 2 rings (SSSR count). The largest absolute Gasteiger partial charge is 0.494 e. The van der Waals surface area contributed by atoms with Crippen LogP contribution in [0, 0.1) is 0 Å². The second-order valence-corrected chi connectivity index (χ2v) is 4.13. The van der Waals surface area contributed by atoms with Crippen LogP contribution in [0.1, 0.15) is 6.92 Å². The van der Waals surface area contributed by atoms with Crippen LogP contribution in [0.5, 0.6) is 5.75 Å². The number of pyridine rings is 1. The van der Waals surface area contributed by atoms with Crippen molar-refractivity contribution >= 4 is 23.3 Å². The highest BCUT2D eigenvalue weighted by Gasteiger charge is 2.02. The maximum atomic E-state index is 11.1. The lowest BCUT2D eigenvalue weighted by Crippen LogP contribution is -2.11. The molecule has 0 spiro atoms. The zero-order chi connectivity index (χ0) is 15.1. The third-order valence-corrected chi connectivity index (χ3v) is 2.63. The van der Waals surface area contributed by atoms with E-state index in [0.717, 1.165) is 11.4 Å². The van der Waals surface area contributed by atoms with Crippen LogP contribution in [0.25, 0.3) is 0 Å². The van der Waals surface area contributed by atoms with Crippen LogP contribution >= 0.6 is 0 Å². The number of carbonyl (C=O) groups is 1. The van der Waals surface area contributed by atoms with Crippen molar-refractivity contribution in [2.45, 2.75) is 6.92 Å². The van der Waals surface area contributed by atoms with Crippen molar-refractivity contribution in [2.24, 2.45) is 0 Å². The summed E-state index contributed by atoms with van der Waals surface area (Å²) in [5.74, 6) is 1.50. The molecule has 2 aromatic rings. The Morgan fingerprint density at radius 3 is 2.43 bits per heavy atom. The summed E-state index contributed by atoms with van der Waals surface area (Å²) in [4.78, 5) is 15.3. The molecule has 0 aliphatic heterocycles. The molecule has 0 unspecified atom stereocenters. The number of carbonyl (C=O) groups excluding carboxylic acids is 1. The Hall–Kier alpha value is -2.76. The van der Waals surface area contributed by atoms with Gasteiger partial charge in [0.2, 0.25) is 0 Å². The van der Waals surface area contributed by atoms with Crippen molar-refractivity contribution < 1.29 is 14.3 Å². The first-order chi connectivity index (χ1) is 10.2. The van der Waals surface area contributed by atoms with Crippen molar-refractivity contribution in [2.75, 3.05) is 24.4 Å². The predicted molar refractivity (Wildman–Crippen MR) is 81.2 cm³/mol. The van der Waals surface area contributed by atoms with Gasteiger partial charge >= 0.3 is 6.09 Å². The Labute approximate surface area is 123 Å². The number of benzene rings is 1. The van der Waals surface area contributed by atoms with Crippen LogP contribution in [0.15, 0.2) is 42.6 Å². The summed E-state index contributed by atoms with van der Waals surface area (Å²) < 4.78 is 9.88. The summed E-state index contributed by atoms with van der Waals surface area (Å²) in [6.45, 7) is 2.59. The van der Waals surface area contributed by atoms with Crippen molar-refractivity contribution in [3.63, 3.8) is 0 Å². The molecule has 1 aromatic heterocycles. The van der Waals surface area contributed by atoms with Gasteiger partial charge in [0.05, 0.1) is 25.6 Å². The van der Waals surface area contributed by atoms with Gasteiger partial charge in [0.1, 0.15) is 11.6 Å². The highest BCUT2D eigenvalue weighted by atomic mass is 16.5. The average Bonchev–Trinajstić information content (AvgIpc) is 2.51. The first kappa shape index (κ1) is 14.6. The lowest BCUT2D eigenvalue weighted by molar-refractivity contribution is 0.187. The van der Waals surface area contributed by atoms with E-state index in [4.69, 9.17) is 4.74 Å². The smallest absolute Gasteiger partial charge is 0.411 e. The Morgan fingerprint density at radius 2 is 1.86 bits per heavy atom. The monoisotopic (exact) mass is 287 g/mol. The maximum absolute atomic E-state index is 11.1. The van der Waals surface area contributed by atoms with Crippen LogP contribution in [0.2, 0.25) is 0 Å². The van der Waals surface area contributed by atoms with E-state index >= 15 is 0 Å². The van der Waals surface area contributed by atoms with Gasteiger partial charge in [0.15, 0.2) is 0 Å².